The third-order valence-electron chi connectivity index (χ3n) is 4.07. The SMILES string of the molecule is O=S(=O)(NCc1ccccc1COCc1ccccc1)c1ccccc1Br. The number of hydrogen-bond donors (Lipinski definition) is 1. The zero-order valence-corrected chi connectivity index (χ0v) is 17.0. The second kappa shape index (κ2) is 9.28. The molecule has 0 unspecified atom stereocenters. The van der Waals surface area contributed by atoms with Gasteiger partial charge in [0.1, 0.15) is 0 Å². The van der Waals surface area contributed by atoms with Crippen molar-refractivity contribution >= 4 is 26.0 Å². The summed E-state index contributed by atoms with van der Waals surface area (Å²) in [5, 5.41) is 0. The highest BCUT2D eigenvalue weighted by atomic mass is 79.9. The van der Waals surface area contributed by atoms with E-state index in [4.69, 9.17) is 4.74 Å². The standard InChI is InChI=1S/C21H20BrNO3S/c22-20-12-6-7-13-21(20)27(24,25)23-14-18-10-4-5-11-19(18)16-26-15-17-8-2-1-3-9-17/h1-13,23H,14-16H2. The first-order valence-corrected chi connectivity index (χ1v) is 10.8. The molecule has 4 nitrogen and oxygen atoms in total. The van der Waals surface area contributed by atoms with Crippen molar-refractivity contribution in [1.82, 2.24) is 4.72 Å². The predicted octanol–water partition coefficient (Wildman–Crippen LogP) is 4.64. The number of halogens is 1. The molecule has 1 N–H and O–H groups in total. The fourth-order valence-electron chi connectivity index (χ4n) is 2.64. The van der Waals surface area contributed by atoms with Gasteiger partial charge in [0, 0.05) is 11.0 Å². The molecule has 0 aliphatic heterocycles. The third-order valence-corrected chi connectivity index (χ3v) is 6.48. The Hall–Kier alpha value is -1.99. The molecule has 0 bridgehead atoms. The van der Waals surface area contributed by atoms with Crippen molar-refractivity contribution in [2.75, 3.05) is 0 Å². The van der Waals surface area contributed by atoms with E-state index < -0.39 is 10.0 Å². The Morgan fingerprint density at radius 2 is 1.41 bits per heavy atom. The van der Waals surface area contributed by atoms with E-state index >= 15 is 0 Å². The molecule has 140 valence electrons. The molecule has 27 heavy (non-hydrogen) atoms. The van der Waals surface area contributed by atoms with Crippen molar-refractivity contribution in [1.29, 1.82) is 0 Å². The van der Waals surface area contributed by atoms with E-state index in [1.165, 1.54) is 0 Å². The minimum atomic E-state index is -3.61. The molecule has 3 aromatic rings. The number of hydrogen-bond acceptors (Lipinski definition) is 3. The first-order chi connectivity index (χ1) is 13.1. The lowest BCUT2D eigenvalue weighted by Crippen LogP contribution is -2.24. The molecule has 0 aliphatic carbocycles. The number of sulfonamides is 1. The van der Waals surface area contributed by atoms with Crippen molar-refractivity contribution in [2.24, 2.45) is 0 Å². The topological polar surface area (TPSA) is 55.4 Å². The van der Waals surface area contributed by atoms with Crippen LogP contribution < -0.4 is 4.72 Å². The van der Waals surface area contributed by atoms with Crippen LogP contribution in [0.5, 0.6) is 0 Å². The van der Waals surface area contributed by atoms with Gasteiger partial charge in [0.2, 0.25) is 10.0 Å². The van der Waals surface area contributed by atoms with E-state index in [9.17, 15) is 8.42 Å². The van der Waals surface area contributed by atoms with E-state index in [1.807, 2.05) is 54.6 Å². The van der Waals surface area contributed by atoms with Gasteiger partial charge < -0.3 is 4.74 Å². The fourth-order valence-corrected chi connectivity index (χ4v) is 4.64. The van der Waals surface area contributed by atoms with Crippen LogP contribution in [0.15, 0.2) is 88.2 Å². The van der Waals surface area contributed by atoms with Crippen molar-refractivity contribution in [3.05, 3.63) is 100 Å². The van der Waals surface area contributed by atoms with E-state index in [0.717, 1.165) is 16.7 Å². The van der Waals surface area contributed by atoms with E-state index in [2.05, 4.69) is 20.7 Å². The van der Waals surface area contributed by atoms with Gasteiger partial charge >= 0.3 is 0 Å². The molecule has 0 aromatic heterocycles. The van der Waals surface area contributed by atoms with Gasteiger partial charge in [-0.3, -0.25) is 0 Å². The van der Waals surface area contributed by atoms with Crippen LogP contribution in [-0.4, -0.2) is 8.42 Å². The average molecular weight is 446 g/mol. The van der Waals surface area contributed by atoms with Gasteiger partial charge in [-0.2, -0.15) is 0 Å². The molecular formula is C21H20BrNO3S. The van der Waals surface area contributed by atoms with Crippen LogP contribution in [0.2, 0.25) is 0 Å². The van der Waals surface area contributed by atoms with Crippen LogP contribution >= 0.6 is 15.9 Å². The van der Waals surface area contributed by atoms with Crippen LogP contribution in [-0.2, 0) is 34.5 Å². The Kier molecular flexibility index (Phi) is 6.79. The van der Waals surface area contributed by atoms with Gasteiger partial charge in [-0.05, 0) is 44.8 Å². The largest absolute Gasteiger partial charge is 0.372 e. The van der Waals surface area contributed by atoms with Gasteiger partial charge in [-0.15, -0.1) is 0 Å². The molecule has 6 heteroatoms. The van der Waals surface area contributed by atoms with E-state index in [1.54, 1.807) is 24.3 Å². The lowest BCUT2D eigenvalue weighted by atomic mass is 10.1. The maximum absolute atomic E-state index is 12.6. The maximum atomic E-state index is 12.6. The highest BCUT2D eigenvalue weighted by Crippen LogP contribution is 2.21. The van der Waals surface area contributed by atoms with Crippen molar-refractivity contribution in [3.63, 3.8) is 0 Å². The second-order valence-corrected chi connectivity index (χ2v) is 8.59. The van der Waals surface area contributed by atoms with Crippen LogP contribution in [0, 0.1) is 0 Å². The number of rotatable bonds is 8. The molecule has 0 amide bonds. The smallest absolute Gasteiger partial charge is 0.241 e. The molecule has 0 saturated heterocycles. The van der Waals surface area contributed by atoms with Crippen LogP contribution in [0.3, 0.4) is 0 Å². The summed E-state index contributed by atoms with van der Waals surface area (Å²) in [5.41, 5.74) is 2.95. The highest BCUT2D eigenvalue weighted by molar-refractivity contribution is 9.10. The average Bonchev–Trinajstić information content (AvgIpc) is 2.68. The van der Waals surface area contributed by atoms with E-state index in [-0.39, 0.29) is 11.4 Å². The monoisotopic (exact) mass is 445 g/mol. The van der Waals surface area contributed by atoms with Gasteiger partial charge in [0.25, 0.3) is 0 Å². The summed E-state index contributed by atoms with van der Waals surface area (Å²) < 4.78 is 34.1. The normalized spacial score (nSPS) is 11.4. The predicted molar refractivity (Wildman–Crippen MR) is 110 cm³/mol. The zero-order chi connectivity index (χ0) is 19.1. The Labute approximate surface area is 168 Å². The Morgan fingerprint density at radius 3 is 2.15 bits per heavy atom. The lowest BCUT2D eigenvalue weighted by Gasteiger charge is -2.12. The quantitative estimate of drug-likeness (QED) is 0.549. The summed E-state index contributed by atoms with van der Waals surface area (Å²) >= 11 is 3.29. The number of nitrogens with one attached hydrogen (secondary N) is 1. The molecule has 0 radical (unpaired) electrons. The molecule has 0 aliphatic rings. The third kappa shape index (κ3) is 5.49. The van der Waals surface area contributed by atoms with Crippen LogP contribution in [0.4, 0.5) is 0 Å². The number of benzene rings is 3. The minimum Gasteiger partial charge on any atom is -0.372 e. The van der Waals surface area contributed by atoms with Crippen LogP contribution in [0.25, 0.3) is 0 Å². The molecule has 3 rings (SSSR count). The minimum absolute atomic E-state index is 0.203. The summed E-state index contributed by atoms with van der Waals surface area (Å²) in [7, 11) is -3.61. The van der Waals surface area contributed by atoms with Crippen LogP contribution in [0.1, 0.15) is 16.7 Å². The van der Waals surface area contributed by atoms with Gasteiger partial charge in [0.05, 0.1) is 18.1 Å². The summed E-state index contributed by atoms with van der Waals surface area (Å²) in [4.78, 5) is 0.225. The molecule has 0 heterocycles. The summed E-state index contributed by atoms with van der Waals surface area (Å²) in [6.07, 6.45) is 0. The molecular weight excluding hydrogens is 426 g/mol. The lowest BCUT2D eigenvalue weighted by molar-refractivity contribution is 0.106. The molecule has 0 atom stereocenters. The van der Waals surface area contributed by atoms with Crippen molar-refractivity contribution in [2.45, 2.75) is 24.7 Å². The van der Waals surface area contributed by atoms with E-state index in [0.29, 0.717) is 17.7 Å². The summed E-state index contributed by atoms with van der Waals surface area (Å²) in [6, 6.07) is 24.4. The first-order valence-electron chi connectivity index (χ1n) is 8.49. The Bertz CT molecular complexity index is 991. The van der Waals surface area contributed by atoms with Crippen molar-refractivity contribution < 1.29 is 13.2 Å². The summed E-state index contributed by atoms with van der Waals surface area (Å²) in [5.74, 6) is 0. The number of ether oxygens (including phenoxy) is 1. The maximum Gasteiger partial charge on any atom is 0.241 e. The summed E-state index contributed by atoms with van der Waals surface area (Å²) in [6.45, 7) is 1.13. The second-order valence-electron chi connectivity index (χ2n) is 6.00. The zero-order valence-electron chi connectivity index (χ0n) is 14.6. The van der Waals surface area contributed by atoms with Gasteiger partial charge in [-0.1, -0.05) is 66.7 Å². The molecule has 0 saturated carbocycles. The molecule has 0 spiro atoms. The Morgan fingerprint density at radius 1 is 0.778 bits per heavy atom. The van der Waals surface area contributed by atoms with Gasteiger partial charge in [-0.25, -0.2) is 13.1 Å². The molecule has 3 aromatic carbocycles. The highest BCUT2D eigenvalue weighted by Gasteiger charge is 2.17. The van der Waals surface area contributed by atoms with Crippen molar-refractivity contribution in [3.8, 4) is 0 Å². The fraction of sp³-hybridized carbons (Fsp3) is 0.143. The molecule has 0 fully saturated rings. The Balaban J connectivity index is 1.65. The first kappa shape index (κ1) is 19.8. The van der Waals surface area contributed by atoms with Gasteiger partial charge in [0.15, 0.2) is 0 Å².